The number of ether oxygens (including phenoxy) is 4. The molecule has 0 aliphatic rings. The van der Waals surface area contributed by atoms with Crippen LogP contribution in [-0.4, -0.2) is 186 Å². The number of hydrogen-bond donors (Lipinski definition) is 9. The molecule has 0 saturated carbocycles. The molecule has 4 unspecified atom stereocenters. The fraction of sp³-hybridized carbons (Fsp3) is 0.617. The maximum atomic E-state index is 14.1. The molecule has 0 spiro atoms. The average Bonchev–Trinajstić information content (AvgIpc) is 3.27. The lowest BCUT2D eigenvalue weighted by Crippen LogP contribution is -2.45. The van der Waals surface area contributed by atoms with E-state index in [1.165, 1.54) is 52.1 Å². The minimum Gasteiger partial charge on any atom is -0.389 e. The predicted molar refractivity (Wildman–Crippen MR) is 254 cm³/mol. The molecule has 0 heterocycles. The van der Waals surface area contributed by atoms with Crippen molar-refractivity contribution < 1.29 is 73.2 Å². The molecule has 0 aromatic heterocycles. The zero-order valence-corrected chi connectivity index (χ0v) is 41.6. The standard InChI is InChI=1S/C47H74N6O15/c1-13-36-40(46(63)50-17-33(58)23-67-11)25(3)38(44(61)48-15-31(56)21-65-9)27(5)42(36)52(29(7)54)19-35(60)20-53(30(8)55)43-28(6)39(45(62)49-16-32(57)22-66-10)26(4)41(37(43)14-2)47(64)51-18-34(59)24-68-12/h31-35,56-60H,13-24H2,1-12H3,(H,48,61)(H,49,62)(H,50,63)(H,51,64). The Labute approximate surface area is 398 Å². The van der Waals surface area contributed by atoms with Crippen LogP contribution in [0.2, 0.25) is 0 Å². The molecule has 0 bridgehead atoms. The van der Waals surface area contributed by atoms with Crippen molar-refractivity contribution in [1.29, 1.82) is 0 Å². The molecule has 6 amide bonds. The van der Waals surface area contributed by atoms with Gasteiger partial charge in [-0.3, -0.25) is 28.8 Å². The highest BCUT2D eigenvalue weighted by Crippen LogP contribution is 2.38. The Morgan fingerprint density at radius 2 is 0.691 bits per heavy atom. The van der Waals surface area contributed by atoms with E-state index in [1.807, 2.05) is 0 Å². The fourth-order valence-electron chi connectivity index (χ4n) is 8.34. The van der Waals surface area contributed by atoms with E-state index in [9.17, 15) is 54.3 Å². The van der Waals surface area contributed by atoms with Gasteiger partial charge >= 0.3 is 0 Å². The number of aliphatic hydroxyl groups is 5. The molecule has 2 aromatic carbocycles. The van der Waals surface area contributed by atoms with E-state index in [-0.39, 0.29) is 121 Å². The summed E-state index contributed by atoms with van der Waals surface area (Å²) in [6, 6.07) is 0. The molecule has 21 nitrogen and oxygen atoms in total. The number of anilines is 2. The normalized spacial score (nSPS) is 13.5. The first kappa shape index (κ1) is 59.0. The number of carbonyl (C=O) groups is 6. The Balaban J connectivity index is 2.92. The molecule has 4 atom stereocenters. The molecule has 0 saturated heterocycles. The van der Waals surface area contributed by atoms with E-state index in [0.717, 1.165) is 0 Å². The van der Waals surface area contributed by atoms with Crippen molar-refractivity contribution >= 4 is 46.8 Å². The number of nitrogens with zero attached hydrogens (tertiary/aromatic N) is 2. The van der Waals surface area contributed by atoms with E-state index in [0.29, 0.717) is 11.1 Å². The smallest absolute Gasteiger partial charge is 0.252 e. The van der Waals surface area contributed by atoms with Crippen LogP contribution >= 0.6 is 0 Å². The van der Waals surface area contributed by atoms with Gasteiger partial charge in [-0.2, -0.15) is 0 Å². The Morgan fingerprint density at radius 1 is 0.441 bits per heavy atom. The number of aliphatic hydroxyl groups excluding tert-OH is 5. The van der Waals surface area contributed by atoms with Crippen molar-refractivity contribution in [2.75, 3.05) is 104 Å². The second kappa shape index (κ2) is 28.4. The van der Waals surface area contributed by atoms with Crippen LogP contribution in [0, 0.1) is 27.7 Å². The predicted octanol–water partition coefficient (Wildman–Crippen LogP) is -0.240. The lowest BCUT2D eigenvalue weighted by Gasteiger charge is -2.34. The van der Waals surface area contributed by atoms with E-state index >= 15 is 0 Å². The van der Waals surface area contributed by atoms with Crippen LogP contribution in [0.3, 0.4) is 0 Å². The Morgan fingerprint density at radius 3 is 0.912 bits per heavy atom. The SMILES string of the molecule is CCc1c(C(=O)NCC(O)COC)c(C)c(C(=O)NCC(O)COC)c(C)c1N(CC(O)CN(C(C)=O)c1c(C)c(C(=O)NCC(O)COC)c(C)c(C(=O)NCC(O)COC)c1CC)C(C)=O. The van der Waals surface area contributed by atoms with Crippen molar-refractivity contribution in [1.82, 2.24) is 21.3 Å². The van der Waals surface area contributed by atoms with Crippen molar-refractivity contribution in [2.45, 2.75) is 98.8 Å². The van der Waals surface area contributed by atoms with Crippen molar-refractivity contribution in [3.63, 3.8) is 0 Å². The van der Waals surface area contributed by atoms with Gasteiger partial charge in [0.05, 0.1) is 81.4 Å². The number of benzene rings is 2. The molecular formula is C47H74N6O15. The minimum absolute atomic E-state index is 0.0134. The molecule has 382 valence electrons. The van der Waals surface area contributed by atoms with Crippen molar-refractivity contribution in [3.05, 3.63) is 55.6 Å². The summed E-state index contributed by atoms with van der Waals surface area (Å²) < 4.78 is 20.0. The zero-order valence-electron chi connectivity index (χ0n) is 41.6. The summed E-state index contributed by atoms with van der Waals surface area (Å²) >= 11 is 0. The molecule has 0 fully saturated rings. The lowest BCUT2D eigenvalue weighted by atomic mass is 9.87. The Hall–Kier alpha value is -5.10. The number of hydrogen-bond acceptors (Lipinski definition) is 15. The van der Waals surface area contributed by atoms with Gasteiger partial charge in [0.25, 0.3) is 23.6 Å². The van der Waals surface area contributed by atoms with Crippen LogP contribution in [0.5, 0.6) is 0 Å². The molecule has 21 heteroatoms. The average molecular weight is 963 g/mol. The van der Waals surface area contributed by atoms with Gasteiger partial charge < -0.3 is 75.5 Å². The summed E-state index contributed by atoms with van der Waals surface area (Å²) in [5, 5.41) is 64.2. The second-order valence-corrected chi connectivity index (χ2v) is 16.6. The van der Waals surface area contributed by atoms with E-state index in [4.69, 9.17) is 18.9 Å². The van der Waals surface area contributed by atoms with Gasteiger partial charge in [0.2, 0.25) is 11.8 Å². The molecule has 0 aliphatic carbocycles. The third-order valence-corrected chi connectivity index (χ3v) is 11.3. The van der Waals surface area contributed by atoms with Crippen LogP contribution in [-0.2, 0) is 41.4 Å². The summed E-state index contributed by atoms with van der Waals surface area (Å²) in [6.07, 6.45) is -5.52. The summed E-state index contributed by atoms with van der Waals surface area (Å²) in [5.41, 5.74) is 2.06. The maximum absolute atomic E-state index is 14.1. The van der Waals surface area contributed by atoms with Gasteiger partial charge in [-0.15, -0.1) is 0 Å². The van der Waals surface area contributed by atoms with Gasteiger partial charge in [0.15, 0.2) is 0 Å². The molecule has 0 radical (unpaired) electrons. The lowest BCUT2D eigenvalue weighted by molar-refractivity contribution is -0.117. The monoisotopic (exact) mass is 963 g/mol. The van der Waals surface area contributed by atoms with Gasteiger partial charge in [-0.25, -0.2) is 0 Å². The highest BCUT2D eigenvalue weighted by molar-refractivity contribution is 6.09. The molecule has 9 N–H and O–H groups in total. The van der Waals surface area contributed by atoms with Crippen molar-refractivity contribution in [3.8, 4) is 0 Å². The van der Waals surface area contributed by atoms with E-state index < -0.39 is 79.1 Å². The first-order valence-electron chi connectivity index (χ1n) is 22.4. The Bertz CT molecular complexity index is 1940. The minimum atomic E-state index is -1.55. The molecular weight excluding hydrogens is 889 g/mol. The summed E-state index contributed by atoms with van der Waals surface area (Å²) in [4.78, 5) is 86.2. The van der Waals surface area contributed by atoms with Crippen LogP contribution in [0.15, 0.2) is 0 Å². The van der Waals surface area contributed by atoms with E-state index in [2.05, 4.69) is 21.3 Å². The van der Waals surface area contributed by atoms with E-state index in [1.54, 1.807) is 41.5 Å². The maximum Gasteiger partial charge on any atom is 0.252 e. The largest absolute Gasteiger partial charge is 0.389 e. The third kappa shape index (κ3) is 15.5. The third-order valence-electron chi connectivity index (χ3n) is 11.3. The quantitative estimate of drug-likeness (QED) is 0.0532. The Kier molecular flexibility index (Phi) is 24.7. The zero-order chi connectivity index (χ0) is 51.6. The number of methoxy groups -OCH3 is 4. The van der Waals surface area contributed by atoms with Crippen molar-refractivity contribution in [2.24, 2.45) is 0 Å². The highest BCUT2D eigenvalue weighted by Gasteiger charge is 2.34. The molecule has 2 rings (SSSR count). The summed E-state index contributed by atoms with van der Waals surface area (Å²) in [6.45, 7) is 10.1. The number of amides is 6. The second-order valence-electron chi connectivity index (χ2n) is 16.6. The first-order chi connectivity index (χ1) is 32.1. The van der Waals surface area contributed by atoms with Crippen LogP contribution < -0.4 is 31.1 Å². The first-order valence-corrected chi connectivity index (χ1v) is 22.4. The van der Waals surface area contributed by atoms with Gasteiger partial charge in [0.1, 0.15) is 0 Å². The summed E-state index contributed by atoms with van der Waals surface area (Å²) in [5.74, 6) is -3.90. The fourth-order valence-corrected chi connectivity index (χ4v) is 8.34. The topological polar surface area (TPSA) is 295 Å². The van der Waals surface area contributed by atoms with Gasteiger partial charge in [0, 0.05) is 90.7 Å². The number of rotatable bonds is 28. The van der Waals surface area contributed by atoms with Gasteiger partial charge in [-0.1, -0.05) is 13.8 Å². The molecule has 68 heavy (non-hydrogen) atoms. The van der Waals surface area contributed by atoms with Gasteiger partial charge in [-0.05, 0) is 73.9 Å². The van der Waals surface area contributed by atoms with Crippen LogP contribution in [0.4, 0.5) is 11.4 Å². The number of nitrogens with one attached hydrogen (secondary N) is 4. The molecule has 0 aliphatic heterocycles. The highest BCUT2D eigenvalue weighted by atomic mass is 16.5. The van der Waals surface area contributed by atoms with Crippen LogP contribution in [0.1, 0.15) is 103 Å². The number of carbonyl (C=O) groups excluding carboxylic acids is 6. The molecule has 2 aromatic rings. The van der Waals surface area contributed by atoms with Crippen LogP contribution in [0.25, 0.3) is 0 Å². The summed E-state index contributed by atoms with van der Waals surface area (Å²) in [7, 11) is 5.56.